The normalized spacial score (nSPS) is 29.0. The maximum atomic E-state index is 2.40. The molecule has 3 rings (SSSR count). The summed E-state index contributed by atoms with van der Waals surface area (Å²) in [4.78, 5) is 0. The third kappa shape index (κ3) is 3.87. The highest BCUT2D eigenvalue weighted by atomic mass is 32.2. The van der Waals surface area contributed by atoms with Crippen LogP contribution < -0.4 is 0 Å². The van der Waals surface area contributed by atoms with Crippen LogP contribution in [0, 0.1) is 5.92 Å². The van der Waals surface area contributed by atoms with Crippen molar-refractivity contribution in [1.29, 1.82) is 0 Å². The van der Waals surface area contributed by atoms with E-state index in [2.05, 4.69) is 56.3 Å². The predicted octanol–water partition coefficient (Wildman–Crippen LogP) is 6.66. The van der Waals surface area contributed by atoms with Crippen molar-refractivity contribution in [1.82, 2.24) is 0 Å². The smallest absolute Gasteiger partial charge is 0.0483 e. The molecular formula is C21H28S. The van der Waals surface area contributed by atoms with Crippen LogP contribution in [0.1, 0.15) is 68.2 Å². The van der Waals surface area contributed by atoms with E-state index in [9.17, 15) is 0 Å². The zero-order valence-electron chi connectivity index (χ0n) is 13.9. The molecule has 1 aliphatic heterocycles. The number of hydrogen-bond acceptors (Lipinski definition) is 1. The summed E-state index contributed by atoms with van der Waals surface area (Å²) in [5, 5.41) is 0.515. The Labute approximate surface area is 140 Å². The highest BCUT2D eigenvalue weighted by Gasteiger charge is 2.20. The van der Waals surface area contributed by atoms with Gasteiger partial charge in [-0.1, -0.05) is 74.8 Å². The topological polar surface area (TPSA) is 0 Å². The first kappa shape index (κ1) is 15.9. The van der Waals surface area contributed by atoms with E-state index >= 15 is 0 Å². The van der Waals surface area contributed by atoms with Crippen molar-refractivity contribution in [2.45, 2.75) is 57.1 Å². The van der Waals surface area contributed by atoms with Crippen molar-refractivity contribution in [3.8, 4) is 0 Å². The highest BCUT2D eigenvalue weighted by molar-refractivity contribution is 7.99. The summed E-state index contributed by atoms with van der Waals surface area (Å²) in [6.07, 6.45) is 13.8. The number of benzene rings is 1. The van der Waals surface area contributed by atoms with Crippen molar-refractivity contribution in [3.05, 3.63) is 59.2 Å². The molecule has 118 valence electrons. The predicted molar refractivity (Wildman–Crippen MR) is 99.5 cm³/mol. The van der Waals surface area contributed by atoms with Crippen LogP contribution in [0.5, 0.6) is 0 Å². The summed E-state index contributed by atoms with van der Waals surface area (Å²) in [7, 11) is 0. The molecule has 1 heteroatoms. The number of hydrogen-bond donors (Lipinski definition) is 0. The molecule has 1 saturated carbocycles. The van der Waals surface area contributed by atoms with Gasteiger partial charge in [-0.15, -0.1) is 11.8 Å². The molecule has 1 fully saturated rings. The van der Waals surface area contributed by atoms with Gasteiger partial charge < -0.3 is 0 Å². The van der Waals surface area contributed by atoms with Crippen LogP contribution in [-0.2, 0) is 0 Å². The molecule has 0 aromatic heterocycles. The van der Waals surface area contributed by atoms with Crippen LogP contribution in [0.2, 0.25) is 0 Å². The molecule has 1 aromatic carbocycles. The number of allylic oxidation sites excluding steroid dienone is 2. The van der Waals surface area contributed by atoms with Crippen LogP contribution >= 0.6 is 11.8 Å². The summed E-state index contributed by atoms with van der Waals surface area (Å²) in [5.41, 5.74) is 4.49. The first-order chi connectivity index (χ1) is 10.8. The van der Waals surface area contributed by atoms with E-state index in [0.29, 0.717) is 5.25 Å². The van der Waals surface area contributed by atoms with Crippen molar-refractivity contribution < 1.29 is 0 Å². The quantitative estimate of drug-likeness (QED) is 0.601. The summed E-state index contributed by atoms with van der Waals surface area (Å²) in [6.45, 7) is 4.63. The standard InChI is InChI=1S/C21H28S/c1-3-17-6-13-21(22-15-14-17)20-11-9-19(10-12-20)18-7-4-16(2)5-8-18/h6,9-14,16,18,21H,3-5,7-8,15H2,1-2H3. The van der Waals surface area contributed by atoms with Gasteiger partial charge in [0.15, 0.2) is 0 Å². The van der Waals surface area contributed by atoms with Gasteiger partial charge in [0, 0.05) is 11.0 Å². The summed E-state index contributed by atoms with van der Waals surface area (Å²) < 4.78 is 0. The fraction of sp³-hybridized carbons (Fsp3) is 0.524. The minimum absolute atomic E-state index is 0.515. The lowest BCUT2D eigenvalue weighted by Crippen LogP contribution is -2.10. The van der Waals surface area contributed by atoms with E-state index in [-0.39, 0.29) is 0 Å². The Hall–Kier alpha value is -0.950. The zero-order chi connectivity index (χ0) is 15.4. The van der Waals surface area contributed by atoms with E-state index in [4.69, 9.17) is 0 Å². The van der Waals surface area contributed by atoms with Crippen molar-refractivity contribution in [2.75, 3.05) is 5.75 Å². The van der Waals surface area contributed by atoms with Gasteiger partial charge in [0.05, 0.1) is 0 Å². The van der Waals surface area contributed by atoms with Gasteiger partial charge in [0.2, 0.25) is 0 Å². The lowest BCUT2D eigenvalue weighted by molar-refractivity contribution is 0.348. The van der Waals surface area contributed by atoms with Gasteiger partial charge in [-0.25, -0.2) is 0 Å². The average Bonchev–Trinajstić information content (AvgIpc) is 2.81. The first-order valence-corrected chi connectivity index (χ1v) is 9.90. The largest absolute Gasteiger partial charge is 0.145 e. The maximum Gasteiger partial charge on any atom is 0.0483 e. The molecular weight excluding hydrogens is 284 g/mol. The summed E-state index contributed by atoms with van der Waals surface area (Å²) in [5.74, 6) is 2.86. The Morgan fingerprint density at radius 3 is 2.36 bits per heavy atom. The van der Waals surface area contributed by atoms with Crippen LogP contribution in [0.15, 0.2) is 48.1 Å². The number of thioether (sulfide) groups is 1. The van der Waals surface area contributed by atoms with E-state index in [1.54, 1.807) is 5.56 Å². The van der Waals surface area contributed by atoms with E-state index < -0.39 is 0 Å². The van der Waals surface area contributed by atoms with Crippen LogP contribution in [0.4, 0.5) is 0 Å². The molecule has 0 saturated heterocycles. The SMILES string of the molecule is CCC1=CCSC(c2ccc(C3CCC(C)CC3)cc2)C=C1. The monoisotopic (exact) mass is 312 g/mol. The molecule has 1 aromatic rings. The summed E-state index contributed by atoms with van der Waals surface area (Å²) in [6, 6.07) is 9.52. The second-order valence-corrected chi connectivity index (χ2v) is 8.04. The molecule has 0 radical (unpaired) electrons. The molecule has 0 nitrogen and oxygen atoms in total. The van der Waals surface area contributed by atoms with Crippen molar-refractivity contribution >= 4 is 11.8 Å². The van der Waals surface area contributed by atoms with E-state index in [1.165, 1.54) is 36.8 Å². The molecule has 1 unspecified atom stereocenters. The van der Waals surface area contributed by atoms with Gasteiger partial charge in [-0.05, 0) is 42.2 Å². The molecule has 22 heavy (non-hydrogen) atoms. The molecule has 1 atom stereocenters. The van der Waals surface area contributed by atoms with Crippen molar-refractivity contribution in [3.63, 3.8) is 0 Å². The lowest BCUT2D eigenvalue weighted by atomic mass is 9.79. The zero-order valence-corrected chi connectivity index (χ0v) is 14.7. The fourth-order valence-electron chi connectivity index (χ4n) is 3.61. The third-order valence-corrected chi connectivity index (χ3v) is 6.41. The van der Waals surface area contributed by atoms with Crippen molar-refractivity contribution in [2.24, 2.45) is 5.92 Å². The van der Waals surface area contributed by atoms with E-state index in [0.717, 1.165) is 24.0 Å². The Morgan fingerprint density at radius 2 is 1.68 bits per heavy atom. The van der Waals surface area contributed by atoms with Gasteiger partial charge in [0.1, 0.15) is 0 Å². The molecule has 0 spiro atoms. The average molecular weight is 313 g/mol. The third-order valence-electron chi connectivity index (χ3n) is 5.27. The van der Waals surface area contributed by atoms with Gasteiger partial charge in [-0.2, -0.15) is 0 Å². The molecule has 1 aliphatic carbocycles. The Bertz CT molecular complexity index is 530. The molecule has 0 bridgehead atoms. The minimum Gasteiger partial charge on any atom is -0.145 e. The molecule has 0 N–H and O–H groups in total. The van der Waals surface area contributed by atoms with Crippen LogP contribution in [0.25, 0.3) is 0 Å². The first-order valence-electron chi connectivity index (χ1n) is 8.85. The Kier molecular flexibility index (Phi) is 5.46. The van der Waals surface area contributed by atoms with Gasteiger partial charge in [0.25, 0.3) is 0 Å². The second-order valence-electron chi connectivity index (χ2n) is 6.87. The van der Waals surface area contributed by atoms with E-state index in [1.807, 2.05) is 11.8 Å². The van der Waals surface area contributed by atoms with Crippen LogP contribution in [0.3, 0.4) is 0 Å². The number of rotatable bonds is 3. The highest BCUT2D eigenvalue weighted by Crippen LogP contribution is 2.37. The maximum absolute atomic E-state index is 2.40. The molecule has 2 aliphatic rings. The molecule has 1 heterocycles. The molecule has 0 amide bonds. The van der Waals surface area contributed by atoms with Gasteiger partial charge in [-0.3, -0.25) is 0 Å². The van der Waals surface area contributed by atoms with Gasteiger partial charge >= 0.3 is 0 Å². The minimum atomic E-state index is 0.515. The second kappa shape index (κ2) is 7.55. The Morgan fingerprint density at radius 1 is 1.00 bits per heavy atom. The Balaban J connectivity index is 1.67. The fourth-order valence-corrected chi connectivity index (χ4v) is 4.67. The summed E-state index contributed by atoms with van der Waals surface area (Å²) >= 11 is 2.03. The lowest BCUT2D eigenvalue weighted by Gasteiger charge is -2.26. The van der Waals surface area contributed by atoms with Crippen LogP contribution in [-0.4, -0.2) is 5.75 Å².